The standard InChI is InChI=1S/C13H24N2O2/c1-13(2)10(8-11(13)16)14-9-12(17)15-6-4-3-5-7-15/h10-11,14,16H,3-9H2,1-2H3. The van der Waals surface area contributed by atoms with Crippen LogP contribution in [0.4, 0.5) is 0 Å². The molecular weight excluding hydrogens is 216 g/mol. The Morgan fingerprint density at radius 1 is 1.35 bits per heavy atom. The number of aliphatic hydroxyl groups is 1. The van der Waals surface area contributed by atoms with Crippen molar-refractivity contribution in [2.75, 3.05) is 19.6 Å². The van der Waals surface area contributed by atoms with Crippen molar-refractivity contribution in [1.29, 1.82) is 0 Å². The first-order valence-electron chi connectivity index (χ1n) is 6.71. The molecule has 1 saturated carbocycles. The molecule has 17 heavy (non-hydrogen) atoms. The van der Waals surface area contributed by atoms with Gasteiger partial charge in [-0.2, -0.15) is 0 Å². The fraction of sp³-hybridized carbons (Fsp3) is 0.923. The van der Waals surface area contributed by atoms with Crippen molar-refractivity contribution in [2.45, 2.75) is 51.7 Å². The number of nitrogens with zero attached hydrogens (tertiary/aromatic N) is 1. The zero-order valence-corrected chi connectivity index (χ0v) is 10.9. The average molecular weight is 240 g/mol. The lowest BCUT2D eigenvalue weighted by Crippen LogP contribution is -2.61. The van der Waals surface area contributed by atoms with Gasteiger partial charge in [0.05, 0.1) is 12.6 Å². The van der Waals surface area contributed by atoms with Crippen LogP contribution in [0.15, 0.2) is 0 Å². The van der Waals surface area contributed by atoms with E-state index in [-0.39, 0.29) is 23.5 Å². The van der Waals surface area contributed by atoms with Gasteiger partial charge in [-0.25, -0.2) is 0 Å². The predicted molar refractivity (Wildman–Crippen MR) is 66.6 cm³/mol. The summed E-state index contributed by atoms with van der Waals surface area (Å²) in [7, 11) is 0. The molecule has 1 aliphatic heterocycles. The van der Waals surface area contributed by atoms with Crippen molar-refractivity contribution in [3.05, 3.63) is 0 Å². The van der Waals surface area contributed by atoms with E-state index in [1.807, 2.05) is 18.7 Å². The minimum absolute atomic E-state index is 0.0951. The summed E-state index contributed by atoms with van der Waals surface area (Å²) in [6.07, 6.45) is 4.06. The molecule has 1 saturated heterocycles. The molecule has 2 rings (SSSR count). The first kappa shape index (κ1) is 12.8. The van der Waals surface area contributed by atoms with Gasteiger partial charge in [0.15, 0.2) is 0 Å². The molecule has 2 atom stereocenters. The first-order chi connectivity index (χ1) is 8.01. The maximum absolute atomic E-state index is 11.9. The number of aliphatic hydroxyl groups excluding tert-OH is 1. The molecule has 4 heteroatoms. The molecule has 1 amide bonds. The van der Waals surface area contributed by atoms with Crippen molar-refractivity contribution >= 4 is 5.91 Å². The third-order valence-electron chi connectivity index (χ3n) is 4.42. The fourth-order valence-corrected chi connectivity index (χ4v) is 2.71. The van der Waals surface area contributed by atoms with Crippen LogP contribution in [0, 0.1) is 5.41 Å². The van der Waals surface area contributed by atoms with Gasteiger partial charge in [0, 0.05) is 24.5 Å². The molecule has 2 unspecified atom stereocenters. The second-order valence-electron chi connectivity index (χ2n) is 5.95. The Kier molecular flexibility index (Phi) is 3.73. The minimum Gasteiger partial charge on any atom is -0.392 e. The summed E-state index contributed by atoms with van der Waals surface area (Å²) in [6, 6.07) is 0.270. The topological polar surface area (TPSA) is 52.6 Å². The van der Waals surface area contributed by atoms with Gasteiger partial charge in [-0.15, -0.1) is 0 Å². The summed E-state index contributed by atoms with van der Waals surface area (Å²) in [5, 5.41) is 12.9. The second kappa shape index (κ2) is 4.94. The van der Waals surface area contributed by atoms with Crippen molar-refractivity contribution in [3.63, 3.8) is 0 Å². The van der Waals surface area contributed by atoms with E-state index in [2.05, 4.69) is 5.32 Å². The highest BCUT2D eigenvalue weighted by Gasteiger charge is 2.47. The Bertz CT molecular complexity index is 285. The molecule has 0 radical (unpaired) electrons. The highest BCUT2D eigenvalue weighted by Crippen LogP contribution is 2.40. The number of hydrogen-bond acceptors (Lipinski definition) is 3. The molecule has 98 valence electrons. The predicted octanol–water partition coefficient (Wildman–Crippen LogP) is 0.748. The van der Waals surface area contributed by atoms with Crippen molar-refractivity contribution in [1.82, 2.24) is 10.2 Å². The van der Waals surface area contributed by atoms with Crippen LogP contribution in [-0.4, -0.2) is 47.7 Å². The van der Waals surface area contributed by atoms with E-state index in [1.165, 1.54) is 6.42 Å². The van der Waals surface area contributed by atoms with Gasteiger partial charge in [-0.05, 0) is 25.7 Å². The van der Waals surface area contributed by atoms with Gasteiger partial charge in [0.2, 0.25) is 5.91 Å². The quantitative estimate of drug-likeness (QED) is 0.765. The lowest BCUT2D eigenvalue weighted by molar-refractivity contribution is -0.132. The molecular formula is C13H24N2O2. The van der Waals surface area contributed by atoms with Gasteiger partial charge in [-0.3, -0.25) is 4.79 Å². The smallest absolute Gasteiger partial charge is 0.236 e. The van der Waals surface area contributed by atoms with E-state index in [4.69, 9.17) is 0 Å². The maximum atomic E-state index is 11.9. The molecule has 2 N–H and O–H groups in total. The number of piperidine rings is 1. The molecule has 0 bridgehead atoms. The van der Waals surface area contributed by atoms with E-state index < -0.39 is 0 Å². The molecule has 4 nitrogen and oxygen atoms in total. The third-order valence-corrected chi connectivity index (χ3v) is 4.42. The van der Waals surface area contributed by atoms with Crippen LogP contribution in [-0.2, 0) is 4.79 Å². The molecule has 0 aromatic heterocycles. The van der Waals surface area contributed by atoms with Gasteiger partial charge >= 0.3 is 0 Å². The van der Waals surface area contributed by atoms with Gasteiger partial charge < -0.3 is 15.3 Å². The Morgan fingerprint density at radius 3 is 2.53 bits per heavy atom. The third kappa shape index (κ3) is 2.63. The molecule has 2 aliphatic rings. The summed E-state index contributed by atoms with van der Waals surface area (Å²) < 4.78 is 0. The number of nitrogens with one attached hydrogen (secondary N) is 1. The van der Waals surface area contributed by atoms with Crippen LogP contribution < -0.4 is 5.32 Å². The van der Waals surface area contributed by atoms with Crippen LogP contribution in [0.25, 0.3) is 0 Å². The summed E-state index contributed by atoms with van der Waals surface area (Å²) >= 11 is 0. The monoisotopic (exact) mass is 240 g/mol. The fourth-order valence-electron chi connectivity index (χ4n) is 2.71. The summed E-state index contributed by atoms with van der Waals surface area (Å²) in [4.78, 5) is 13.9. The summed E-state index contributed by atoms with van der Waals surface area (Å²) in [5.74, 6) is 0.210. The molecule has 1 heterocycles. The van der Waals surface area contributed by atoms with Crippen LogP contribution in [0.1, 0.15) is 39.5 Å². The molecule has 0 aromatic rings. The van der Waals surface area contributed by atoms with Gasteiger partial charge in [-0.1, -0.05) is 13.8 Å². The van der Waals surface area contributed by atoms with Gasteiger partial charge in [0.25, 0.3) is 0 Å². The molecule has 2 fully saturated rings. The lowest BCUT2D eigenvalue weighted by atomic mass is 9.64. The zero-order chi connectivity index (χ0) is 12.5. The lowest BCUT2D eigenvalue weighted by Gasteiger charge is -2.49. The van der Waals surface area contributed by atoms with Crippen LogP contribution in [0.2, 0.25) is 0 Å². The average Bonchev–Trinajstić information content (AvgIpc) is 2.35. The molecule has 1 aliphatic carbocycles. The van der Waals surface area contributed by atoms with E-state index in [9.17, 15) is 9.90 Å². The highest BCUT2D eigenvalue weighted by atomic mass is 16.3. The molecule has 0 aromatic carbocycles. The summed E-state index contributed by atoms with van der Waals surface area (Å²) in [5.41, 5.74) is -0.0951. The summed E-state index contributed by atoms with van der Waals surface area (Å²) in [6.45, 7) is 6.34. The first-order valence-corrected chi connectivity index (χ1v) is 6.71. The maximum Gasteiger partial charge on any atom is 0.236 e. The number of hydrogen-bond donors (Lipinski definition) is 2. The Morgan fingerprint density at radius 2 is 2.00 bits per heavy atom. The van der Waals surface area contributed by atoms with Gasteiger partial charge in [0.1, 0.15) is 0 Å². The highest BCUT2D eigenvalue weighted by molar-refractivity contribution is 5.78. The van der Waals surface area contributed by atoms with Crippen molar-refractivity contribution in [3.8, 4) is 0 Å². The van der Waals surface area contributed by atoms with E-state index in [1.54, 1.807) is 0 Å². The van der Waals surface area contributed by atoms with Crippen LogP contribution in [0.5, 0.6) is 0 Å². The second-order valence-corrected chi connectivity index (χ2v) is 5.95. The number of rotatable bonds is 3. The molecule has 0 spiro atoms. The van der Waals surface area contributed by atoms with E-state index >= 15 is 0 Å². The minimum atomic E-state index is -0.231. The van der Waals surface area contributed by atoms with Crippen LogP contribution in [0.3, 0.4) is 0 Å². The Balaban J connectivity index is 1.73. The van der Waals surface area contributed by atoms with Crippen LogP contribution >= 0.6 is 0 Å². The zero-order valence-electron chi connectivity index (χ0n) is 10.9. The number of amides is 1. The largest absolute Gasteiger partial charge is 0.392 e. The van der Waals surface area contributed by atoms with E-state index in [0.717, 1.165) is 32.4 Å². The van der Waals surface area contributed by atoms with Crippen molar-refractivity contribution in [2.24, 2.45) is 5.41 Å². The number of carbonyl (C=O) groups is 1. The SMILES string of the molecule is CC1(C)C(O)CC1NCC(=O)N1CCCCC1. The van der Waals surface area contributed by atoms with E-state index in [0.29, 0.717) is 6.54 Å². The van der Waals surface area contributed by atoms with Crippen molar-refractivity contribution < 1.29 is 9.90 Å². The normalized spacial score (nSPS) is 32.1. The number of carbonyl (C=O) groups excluding carboxylic acids is 1. The Hall–Kier alpha value is -0.610. The Labute approximate surface area is 103 Å². The number of likely N-dealkylation sites (tertiary alicyclic amines) is 1.